The van der Waals surface area contributed by atoms with Crippen LogP contribution in [-0.4, -0.2) is 42.8 Å². The van der Waals surface area contributed by atoms with Gasteiger partial charge in [-0.25, -0.2) is 4.98 Å². The Kier molecular flexibility index (Phi) is 5.78. The van der Waals surface area contributed by atoms with Crippen molar-refractivity contribution in [1.82, 2.24) is 23.6 Å². The molecule has 0 unspecified atom stereocenters. The molecule has 6 heteroatoms. The van der Waals surface area contributed by atoms with Crippen molar-refractivity contribution < 1.29 is 0 Å². The number of nitrogens with zero attached hydrogens (tertiary/aromatic N) is 5. The van der Waals surface area contributed by atoms with Crippen molar-refractivity contribution >= 4 is 23.8 Å². The molecule has 3 heterocycles. The van der Waals surface area contributed by atoms with Gasteiger partial charge in [-0.2, -0.15) is 5.10 Å². The lowest BCUT2D eigenvalue weighted by Crippen LogP contribution is -2.38. The molecule has 0 amide bonds. The number of pyridine rings is 1. The molecule has 1 fully saturated rings. The van der Waals surface area contributed by atoms with Crippen molar-refractivity contribution in [2.45, 2.75) is 57.9 Å². The molecule has 0 N–H and O–H groups in total. The number of thiol groups is 1. The average molecular weight is 398 g/mol. The van der Waals surface area contributed by atoms with Gasteiger partial charge in [-0.3, -0.25) is 8.65 Å². The monoisotopic (exact) mass is 397 g/mol. The topological polar surface area (TPSA) is 38.9 Å². The summed E-state index contributed by atoms with van der Waals surface area (Å²) >= 11 is 4.58. The van der Waals surface area contributed by atoms with Crippen LogP contribution in [0.15, 0.2) is 30.9 Å². The maximum absolute atomic E-state index is 4.76. The predicted octanol–water partition coefficient (Wildman–Crippen LogP) is 4.89. The second-order valence-electron chi connectivity index (χ2n) is 8.06. The van der Waals surface area contributed by atoms with Gasteiger partial charge >= 0.3 is 0 Å². The van der Waals surface area contributed by atoms with Crippen LogP contribution in [-0.2, 0) is 7.05 Å². The van der Waals surface area contributed by atoms with Gasteiger partial charge in [-0.1, -0.05) is 26.7 Å². The van der Waals surface area contributed by atoms with Crippen molar-refractivity contribution in [3.63, 3.8) is 0 Å². The quantitative estimate of drug-likeness (QED) is 0.602. The Balaban J connectivity index is 1.57. The summed E-state index contributed by atoms with van der Waals surface area (Å²) < 4.78 is 3.66. The van der Waals surface area contributed by atoms with E-state index in [1.54, 1.807) is 0 Å². The van der Waals surface area contributed by atoms with Crippen LogP contribution in [0.3, 0.4) is 0 Å². The number of hydrogen-bond donors (Lipinski definition) is 1. The molecule has 0 atom stereocenters. The molecule has 0 saturated heterocycles. The van der Waals surface area contributed by atoms with Crippen molar-refractivity contribution in [2.24, 2.45) is 7.05 Å². The molecule has 1 aliphatic rings. The van der Waals surface area contributed by atoms with Crippen LogP contribution in [0, 0.1) is 0 Å². The first-order valence-corrected chi connectivity index (χ1v) is 10.9. The lowest BCUT2D eigenvalue weighted by Gasteiger charge is -2.36. The van der Waals surface area contributed by atoms with E-state index in [0.717, 1.165) is 22.8 Å². The summed E-state index contributed by atoms with van der Waals surface area (Å²) in [4.78, 5) is 7.42. The van der Waals surface area contributed by atoms with E-state index in [1.807, 2.05) is 34.3 Å². The van der Waals surface area contributed by atoms with Gasteiger partial charge in [0, 0.05) is 48.2 Å². The van der Waals surface area contributed by atoms with Gasteiger partial charge in [0.15, 0.2) is 0 Å². The maximum Gasteiger partial charge on any atom is 0.150 e. The third-order valence-corrected chi connectivity index (χ3v) is 6.57. The van der Waals surface area contributed by atoms with Gasteiger partial charge in [0.1, 0.15) is 5.65 Å². The number of rotatable bonds is 6. The fraction of sp³-hybridized carbons (Fsp3) is 0.545. The first-order chi connectivity index (χ1) is 13.6. The predicted molar refractivity (Wildman–Crippen MR) is 119 cm³/mol. The zero-order valence-electron chi connectivity index (χ0n) is 17.2. The van der Waals surface area contributed by atoms with E-state index < -0.39 is 0 Å². The van der Waals surface area contributed by atoms with E-state index in [4.69, 9.17) is 4.98 Å². The van der Waals surface area contributed by atoms with Crippen LogP contribution in [0.1, 0.15) is 57.4 Å². The summed E-state index contributed by atoms with van der Waals surface area (Å²) in [6.07, 6.45) is 14.4. The van der Waals surface area contributed by atoms with Gasteiger partial charge in [0.25, 0.3) is 0 Å². The largest absolute Gasteiger partial charge is 0.301 e. The fourth-order valence-corrected chi connectivity index (χ4v) is 5.06. The molecule has 4 rings (SSSR count). The smallest absolute Gasteiger partial charge is 0.150 e. The minimum Gasteiger partial charge on any atom is -0.301 e. The summed E-state index contributed by atoms with van der Waals surface area (Å²) in [7, 11) is 1.95. The lowest BCUT2D eigenvalue weighted by molar-refractivity contribution is 0.156. The molecule has 0 aromatic carbocycles. The highest BCUT2D eigenvalue weighted by Crippen LogP contribution is 2.37. The molecule has 1 saturated carbocycles. The zero-order chi connectivity index (χ0) is 19.7. The summed E-state index contributed by atoms with van der Waals surface area (Å²) in [6, 6.07) is 3.09. The zero-order valence-corrected chi connectivity index (χ0v) is 18.1. The van der Waals surface area contributed by atoms with E-state index in [0.29, 0.717) is 5.92 Å². The molecule has 3 aromatic rings. The van der Waals surface area contributed by atoms with E-state index in [9.17, 15) is 0 Å². The van der Waals surface area contributed by atoms with Crippen molar-refractivity contribution in [3.05, 3.63) is 36.4 Å². The molecule has 0 spiro atoms. The van der Waals surface area contributed by atoms with Gasteiger partial charge in [-0.05, 0) is 62.7 Å². The van der Waals surface area contributed by atoms with Crippen LogP contribution < -0.4 is 0 Å². The Morgan fingerprint density at radius 2 is 1.93 bits per heavy atom. The van der Waals surface area contributed by atoms with E-state index in [2.05, 4.69) is 48.9 Å². The summed E-state index contributed by atoms with van der Waals surface area (Å²) in [5.74, 6) is 0.610. The highest BCUT2D eigenvalue weighted by molar-refractivity contribution is 7.78. The number of fused-ring (bicyclic) bond motifs is 1. The molecular weight excluding hydrogens is 366 g/mol. The van der Waals surface area contributed by atoms with E-state index >= 15 is 0 Å². The molecule has 28 heavy (non-hydrogen) atoms. The number of hydrogen-bond acceptors (Lipinski definition) is 4. The van der Waals surface area contributed by atoms with Crippen LogP contribution in [0.2, 0.25) is 0 Å². The van der Waals surface area contributed by atoms with E-state index in [-0.39, 0.29) is 0 Å². The van der Waals surface area contributed by atoms with Crippen LogP contribution in [0.4, 0.5) is 0 Å². The Labute approximate surface area is 173 Å². The van der Waals surface area contributed by atoms with Crippen LogP contribution in [0.25, 0.3) is 22.2 Å². The second-order valence-corrected chi connectivity index (χ2v) is 8.49. The minimum atomic E-state index is 0.610. The molecule has 1 aliphatic carbocycles. The lowest BCUT2D eigenvalue weighted by atomic mass is 9.81. The third-order valence-electron chi connectivity index (χ3n) is 6.26. The van der Waals surface area contributed by atoms with Crippen LogP contribution in [0.5, 0.6) is 0 Å². The highest BCUT2D eigenvalue weighted by Gasteiger charge is 2.26. The molecular formula is C22H31N5S. The SMILES string of the molecule is CCCN(CC)C1CCC(c2cnc3c(c2)c(-c2cnn(C)c2)cn3S)CC1. The van der Waals surface area contributed by atoms with Crippen molar-refractivity contribution in [2.75, 3.05) is 13.1 Å². The van der Waals surface area contributed by atoms with Crippen LogP contribution >= 0.6 is 12.8 Å². The van der Waals surface area contributed by atoms with Gasteiger partial charge in [0.05, 0.1) is 6.20 Å². The second kappa shape index (κ2) is 8.29. The van der Waals surface area contributed by atoms with Crippen molar-refractivity contribution in [3.8, 4) is 11.1 Å². The molecule has 150 valence electrons. The summed E-state index contributed by atoms with van der Waals surface area (Å²) in [5.41, 5.74) is 4.55. The highest BCUT2D eigenvalue weighted by atomic mass is 32.1. The first-order valence-electron chi connectivity index (χ1n) is 10.5. The normalized spacial score (nSPS) is 20.3. The molecule has 3 aromatic heterocycles. The Morgan fingerprint density at radius 3 is 2.57 bits per heavy atom. The number of aryl methyl sites for hydroxylation is 1. The summed E-state index contributed by atoms with van der Waals surface area (Å²) in [5, 5.41) is 5.50. The first kappa shape index (κ1) is 19.5. The molecule has 5 nitrogen and oxygen atoms in total. The standard InChI is InChI=1S/C22H31N5S/c1-4-10-26(5-2)19-8-6-16(7-9-19)17-11-20-21(18-13-24-25(3)14-18)15-27(28)22(20)23-12-17/h11-16,19,28H,4-10H2,1-3H3. The average Bonchev–Trinajstić information content (AvgIpc) is 3.29. The molecule has 0 radical (unpaired) electrons. The molecule has 0 bridgehead atoms. The molecule has 0 aliphatic heterocycles. The van der Waals surface area contributed by atoms with E-state index in [1.165, 1.54) is 56.1 Å². The van der Waals surface area contributed by atoms with Gasteiger partial charge in [-0.15, -0.1) is 0 Å². The Hall–Kier alpha value is -1.79. The van der Waals surface area contributed by atoms with Crippen molar-refractivity contribution in [1.29, 1.82) is 0 Å². The summed E-state index contributed by atoms with van der Waals surface area (Å²) in [6.45, 7) is 6.97. The Morgan fingerprint density at radius 1 is 1.14 bits per heavy atom. The van der Waals surface area contributed by atoms with Gasteiger partial charge in [0.2, 0.25) is 0 Å². The Bertz CT molecular complexity index is 936. The third kappa shape index (κ3) is 3.72. The van der Waals surface area contributed by atoms with Gasteiger partial charge < -0.3 is 4.90 Å². The number of aromatic nitrogens is 4. The maximum atomic E-state index is 4.76. The fourth-order valence-electron chi connectivity index (χ4n) is 4.78. The minimum absolute atomic E-state index is 0.610.